The minimum absolute atomic E-state index is 0.935. The van der Waals surface area contributed by atoms with E-state index < -0.39 is 0 Å². The fourth-order valence-electron chi connectivity index (χ4n) is 0.777. The molecule has 0 aromatic rings. The molecule has 0 heteroatoms. The largest absolute Gasteiger partial charge is 0.115 e. The van der Waals surface area contributed by atoms with Gasteiger partial charge in [-0.1, -0.05) is 25.0 Å². The van der Waals surface area contributed by atoms with E-state index in [9.17, 15) is 0 Å². The molecule has 0 rings (SSSR count). The third-order valence-electron chi connectivity index (χ3n) is 1.42. The Morgan fingerprint density at radius 3 is 2.10 bits per heavy atom. The first kappa shape index (κ1) is 9.04. The predicted octanol–water partition coefficient (Wildman–Crippen LogP) is 2.92. The molecule has 0 fully saturated rings. The topological polar surface area (TPSA) is 0 Å². The van der Waals surface area contributed by atoms with E-state index in [4.69, 9.17) is 6.42 Å². The minimum Gasteiger partial charge on any atom is -0.115 e. The molecule has 0 nitrogen and oxygen atoms in total. The summed E-state index contributed by atoms with van der Waals surface area (Å²) in [7, 11) is 0. The second-order valence-electron chi connectivity index (χ2n) is 2.48. The highest BCUT2D eigenvalue weighted by Gasteiger charge is 1.97. The van der Waals surface area contributed by atoms with Gasteiger partial charge in [0.25, 0.3) is 0 Å². The first-order valence-electron chi connectivity index (χ1n) is 3.45. The van der Waals surface area contributed by atoms with Crippen molar-refractivity contribution in [3.63, 3.8) is 0 Å². The number of terminal acetylenes is 1. The quantitative estimate of drug-likeness (QED) is 0.402. The summed E-state index contributed by atoms with van der Waals surface area (Å²) in [4.78, 5) is 0. The van der Waals surface area contributed by atoms with Gasteiger partial charge in [0.15, 0.2) is 0 Å². The van der Waals surface area contributed by atoms with Gasteiger partial charge in [-0.05, 0) is 25.8 Å². The monoisotopic (exact) mass is 134 g/mol. The van der Waals surface area contributed by atoms with Crippen molar-refractivity contribution in [1.29, 1.82) is 0 Å². The molecule has 0 aliphatic heterocycles. The maximum atomic E-state index is 5.28. The highest BCUT2D eigenvalue weighted by atomic mass is 14.0. The Morgan fingerprint density at radius 1 is 1.50 bits per heavy atom. The lowest BCUT2D eigenvalue weighted by atomic mass is 10.0. The molecule has 0 atom stereocenters. The molecule has 0 aliphatic carbocycles. The van der Waals surface area contributed by atoms with Crippen molar-refractivity contribution < 1.29 is 0 Å². The van der Waals surface area contributed by atoms with E-state index in [1.165, 1.54) is 5.57 Å². The lowest BCUT2D eigenvalue weighted by Gasteiger charge is -2.02. The molecular formula is C10H14. The van der Waals surface area contributed by atoms with Gasteiger partial charge in [-0.25, -0.2) is 0 Å². The standard InChI is InChI=1S/C10H14/c1-6-9(5)10(7-2)8(3)4/h2H,5-6H2,1,3-4H3. The van der Waals surface area contributed by atoms with Crippen molar-refractivity contribution >= 4 is 0 Å². The van der Waals surface area contributed by atoms with Gasteiger partial charge in [0.1, 0.15) is 0 Å². The van der Waals surface area contributed by atoms with E-state index >= 15 is 0 Å². The highest BCUT2D eigenvalue weighted by molar-refractivity contribution is 5.44. The molecule has 0 bridgehead atoms. The van der Waals surface area contributed by atoms with E-state index in [-0.39, 0.29) is 0 Å². The van der Waals surface area contributed by atoms with Crippen molar-refractivity contribution in [3.05, 3.63) is 23.3 Å². The smallest absolute Gasteiger partial charge is 0.0255 e. The van der Waals surface area contributed by atoms with Crippen LogP contribution in [-0.4, -0.2) is 0 Å². The maximum absolute atomic E-state index is 5.28. The SMILES string of the molecule is C#CC(C(=C)CC)=C(C)C. The second-order valence-corrected chi connectivity index (χ2v) is 2.48. The minimum atomic E-state index is 0.935. The van der Waals surface area contributed by atoms with Gasteiger partial charge in [-0.2, -0.15) is 0 Å². The average Bonchev–Trinajstić information content (AvgIpc) is 1.88. The Bertz CT molecular complexity index is 195. The van der Waals surface area contributed by atoms with Crippen LogP contribution in [-0.2, 0) is 0 Å². The molecule has 0 saturated heterocycles. The van der Waals surface area contributed by atoms with Crippen LogP contribution in [0.2, 0.25) is 0 Å². The number of allylic oxidation sites excluding steroid dienone is 3. The van der Waals surface area contributed by atoms with Crippen molar-refractivity contribution in [1.82, 2.24) is 0 Å². The van der Waals surface area contributed by atoms with Crippen LogP contribution in [0.1, 0.15) is 27.2 Å². The summed E-state index contributed by atoms with van der Waals surface area (Å²) >= 11 is 0. The van der Waals surface area contributed by atoms with Crippen LogP contribution in [0.4, 0.5) is 0 Å². The van der Waals surface area contributed by atoms with Crippen molar-refractivity contribution in [2.45, 2.75) is 27.2 Å². The van der Waals surface area contributed by atoms with E-state index in [0.717, 1.165) is 17.6 Å². The predicted molar refractivity (Wildman–Crippen MR) is 46.6 cm³/mol. The Kier molecular flexibility index (Phi) is 3.57. The van der Waals surface area contributed by atoms with Crippen molar-refractivity contribution in [2.24, 2.45) is 0 Å². The van der Waals surface area contributed by atoms with Crippen LogP contribution in [0.5, 0.6) is 0 Å². The lowest BCUT2D eigenvalue weighted by molar-refractivity contribution is 1.12. The van der Waals surface area contributed by atoms with Gasteiger partial charge in [-0.15, -0.1) is 6.42 Å². The Morgan fingerprint density at radius 2 is 2.00 bits per heavy atom. The van der Waals surface area contributed by atoms with Crippen molar-refractivity contribution in [2.75, 3.05) is 0 Å². The maximum Gasteiger partial charge on any atom is 0.0255 e. The van der Waals surface area contributed by atoms with Gasteiger partial charge in [-0.3, -0.25) is 0 Å². The van der Waals surface area contributed by atoms with Crippen LogP contribution in [0.15, 0.2) is 23.3 Å². The van der Waals surface area contributed by atoms with E-state index in [1.54, 1.807) is 0 Å². The molecule has 0 aliphatic rings. The van der Waals surface area contributed by atoms with Crippen LogP contribution in [0.3, 0.4) is 0 Å². The number of rotatable bonds is 2. The Hall–Kier alpha value is -0.960. The molecular weight excluding hydrogens is 120 g/mol. The molecule has 0 amide bonds. The summed E-state index contributed by atoms with van der Waals surface area (Å²) in [5.74, 6) is 2.63. The summed E-state index contributed by atoms with van der Waals surface area (Å²) in [5, 5.41) is 0. The number of hydrogen-bond acceptors (Lipinski definition) is 0. The van der Waals surface area contributed by atoms with Gasteiger partial charge in [0.2, 0.25) is 0 Å². The Labute approximate surface area is 63.6 Å². The molecule has 0 unspecified atom stereocenters. The molecule has 10 heavy (non-hydrogen) atoms. The molecule has 0 radical (unpaired) electrons. The van der Waals surface area contributed by atoms with Gasteiger partial charge >= 0.3 is 0 Å². The molecule has 0 saturated carbocycles. The van der Waals surface area contributed by atoms with Gasteiger partial charge in [0, 0.05) is 5.57 Å². The normalized spacial score (nSPS) is 8.20. The van der Waals surface area contributed by atoms with E-state index in [1.807, 2.05) is 13.8 Å². The van der Waals surface area contributed by atoms with E-state index in [0.29, 0.717) is 0 Å². The third kappa shape index (κ3) is 2.11. The third-order valence-corrected chi connectivity index (χ3v) is 1.42. The fraction of sp³-hybridized carbons (Fsp3) is 0.400. The van der Waals surface area contributed by atoms with Crippen LogP contribution < -0.4 is 0 Å². The highest BCUT2D eigenvalue weighted by Crippen LogP contribution is 2.14. The number of hydrogen-bond donors (Lipinski definition) is 0. The Balaban J connectivity index is 4.59. The zero-order valence-corrected chi connectivity index (χ0v) is 6.99. The lowest BCUT2D eigenvalue weighted by Crippen LogP contribution is -1.85. The first-order valence-corrected chi connectivity index (χ1v) is 3.45. The summed E-state index contributed by atoms with van der Waals surface area (Å²) in [5.41, 5.74) is 3.21. The molecule has 0 N–H and O–H groups in total. The van der Waals surface area contributed by atoms with Gasteiger partial charge < -0.3 is 0 Å². The molecule has 0 spiro atoms. The molecule has 0 aromatic carbocycles. The second kappa shape index (κ2) is 3.95. The summed E-state index contributed by atoms with van der Waals surface area (Å²) in [6.45, 7) is 9.94. The molecule has 0 aromatic heterocycles. The molecule has 54 valence electrons. The zero-order valence-electron chi connectivity index (χ0n) is 6.99. The molecule has 0 heterocycles. The van der Waals surface area contributed by atoms with Crippen LogP contribution in [0.25, 0.3) is 0 Å². The summed E-state index contributed by atoms with van der Waals surface area (Å²) in [6.07, 6.45) is 6.22. The van der Waals surface area contributed by atoms with Crippen LogP contribution in [0, 0.1) is 12.3 Å². The zero-order chi connectivity index (χ0) is 8.15. The fourth-order valence-corrected chi connectivity index (χ4v) is 0.777. The summed E-state index contributed by atoms with van der Waals surface area (Å²) in [6, 6.07) is 0. The first-order chi connectivity index (χ1) is 4.63. The van der Waals surface area contributed by atoms with Crippen molar-refractivity contribution in [3.8, 4) is 12.3 Å². The van der Waals surface area contributed by atoms with Gasteiger partial charge in [0.05, 0.1) is 0 Å². The van der Waals surface area contributed by atoms with E-state index in [2.05, 4.69) is 19.4 Å². The summed E-state index contributed by atoms with van der Waals surface area (Å²) < 4.78 is 0. The average molecular weight is 134 g/mol. The van der Waals surface area contributed by atoms with Crippen LogP contribution >= 0.6 is 0 Å².